The summed E-state index contributed by atoms with van der Waals surface area (Å²) in [5.74, 6) is 0.488. The molecule has 0 radical (unpaired) electrons. The third-order valence-electron chi connectivity index (χ3n) is 3.02. The molecule has 1 aliphatic rings. The van der Waals surface area contributed by atoms with Crippen LogP contribution in [0.5, 0.6) is 0 Å². The fraction of sp³-hybridized carbons (Fsp3) is 0.200. The number of hydrogen-bond donors (Lipinski definition) is 0. The summed E-state index contributed by atoms with van der Waals surface area (Å²) in [6, 6.07) is 8.74. The van der Waals surface area contributed by atoms with E-state index in [9.17, 15) is 0 Å². The molecule has 0 bridgehead atoms. The van der Waals surface area contributed by atoms with Crippen molar-refractivity contribution in [1.29, 1.82) is 0 Å². The Kier molecular flexibility index (Phi) is 3.41. The van der Waals surface area contributed by atoms with E-state index in [-0.39, 0.29) is 0 Å². The molecule has 0 fully saturated rings. The lowest BCUT2D eigenvalue weighted by Gasteiger charge is -2.25. The van der Waals surface area contributed by atoms with E-state index in [1.54, 1.807) is 0 Å². The number of hydrogen-bond acceptors (Lipinski definition) is 0. The van der Waals surface area contributed by atoms with Gasteiger partial charge in [-0.3, -0.25) is 0 Å². The molecule has 1 heterocycles. The lowest BCUT2D eigenvalue weighted by Crippen LogP contribution is -2.14. The molecule has 0 aliphatic carbocycles. The van der Waals surface area contributed by atoms with Crippen molar-refractivity contribution in [3.05, 3.63) is 65.5 Å². The number of allylic oxidation sites excluding steroid dienone is 5. The Morgan fingerprint density at radius 3 is 2.75 bits per heavy atom. The van der Waals surface area contributed by atoms with Gasteiger partial charge < -0.3 is 0 Å². The second kappa shape index (κ2) is 4.80. The van der Waals surface area contributed by atoms with Crippen molar-refractivity contribution in [3.63, 3.8) is 0 Å². The fourth-order valence-corrected chi connectivity index (χ4v) is 3.65. The Morgan fingerprint density at radius 1 is 1.31 bits per heavy atom. The molecule has 0 nitrogen and oxygen atoms in total. The maximum Gasteiger partial charge on any atom is 0.00735 e. The van der Waals surface area contributed by atoms with Crippen LogP contribution in [0, 0.1) is 0 Å². The number of fused-ring (bicyclic) bond motifs is 1. The Bertz CT molecular complexity index is 466. The standard InChI is InChI=1S/C15H17P/c1-4-8-12-11(3)13-9-6-7-10-15(13)16-14(12)5-2/h4-11,16H,2H2,1,3H3/b8-4-. The maximum absolute atomic E-state index is 3.94. The van der Waals surface area contributed by atoms with E-state index in [4.69, 9.17) is 0 Å². The van der Waals surface area contributed by atoms with Crippen LogP contribution in [0.2, 0.25) is 0 Å². The van der Waals surface area contributed by atoms with Crippen LogP contribution in [0.15, 0.2) is 60.0 Å². The first-order valence-corrected chi connectivity index (χ1v) is 6.63. The summed E-state index contributed by atoms with van der Waals surface area (Å²) in [5, 5.41) is 2.86. The van der Waals surface area contributed by atoms with Gasteiger partial charge in [0.1, 0.15) is 0 Å². The first-order chi connectivity index (χ1) is 7.77. The van der Waals surface area contributed by atoms with Gasteiger partial charge in [-0.25, -0.2) is 0 Å². The Hall–Kier alpha value is -1.13. The van der Waals surface area contributed by atoms with Crippen molar-refractivity contribution < 1.29 is 0 Å². The highest BCUT2D eigenvalue weighted by Gasteiger charge is 2.21. The van der Waals surface area contributed by atoms with Crippen molar-refractivity contribution >= 4 is 13.9 Å². The minimum absolute atomic E-state index is 0.488. The van der Waals surface area contributed by atoms with Crippen LogP contribution in [0.4, 0.5) is 0 Å². The summed E-state index contributed by atoms with van der Waals surface area (Å²) < 4.78 is 0. The van der Waals surface area contributed by atoms with E-state index in [2.05, 4.69) is 56.8 Å². The molecule has 16 heavy (non-hydrogen) atoms. The van der Waals surface area contributed by atoms with Crippen LogP contribution in [-0.2, 0) is 0 Å². The molecule has 1 heteroatoms. The van der Waals surface area contributed by atoms with Crippen molar-refractivity contribution in [2.75, 3.05) is 0 Å². The van der Waals surface area contributed by atoms with Crippen LogP contribution >= 0.6 is 8.58 Å². The molecule has 0 aromatic heterocycles. The average molecular weight is 228 g/mol. The lowest BCUT2D eigenvalue weighted by atomic mass is 9.91. The first-order valence-electron chi connectivity index (χ1n) is 5.63. The SMILES string of the molecule is C=CC1=C(/C=C\C)C(C)c2ccccc2P1. The third kappa shape index (κ3) is 1.90. The summed E-state index contributed by atoms with van der Waals surface area (Å²) in [4.78, 5) is 0. The average Bonchev–Trinajstić information content (AvgIpc) is 2.33. The van der Waals surface area contributed by atoms with Crippen LogP contribution in [-0.4, -0.2) is 0 Å². The first kappa shape index (κ1) is 11.4. The van der Waals surface area contributed by atoms with Gasteiger partial charge in [0, 0.05) is 5.92 Å². The largest absolute Gasteiger partial charge is 0.0984 e. The van der Waals surface area contributed by atoms with Gasteiger partial charge in [0.25, 0.3) is 0 Å². The van der Waals surface area contributed by atoms with Gasteiger partial charge in [-0.05, 0) is 28.7 Å². The van der Waals surface area contributed by atoms with Gasteiger partial charge in [-0.1, -0.05) is 64.6 Å². The monoisotopic (exact) mass is 228 g/mol. The highest BCUT2D eigenvalue weighted by molar-refractivity contribution is 7.52. The summed E-state index contributed by atoms with van der Waals surface area (Å²) in [5.41, 5.74) is 2.90. The van der Waals surface area contributed by atoms with Gasteiger partial charge in [0.2, 0.25) is 0 Å². The minimum atomic E-state index is 0.488. The van der Waals surface area contributed by atoms with Crippen LogP contribution in [0.3, 0.4) is 0 Å². The van der Waals surface area contributed by atoms with E-state index in [1.165, 1.54) is 21.8 Å². The van der Waals surface area contributed by atoms with Gasteiger partial charge in [-0.2, -0.15) is 0 Å². The molecular formula is C15H17P. The van der Waals surface area contributed by atoms with E-state index in [1.807, 2.05) is 6.08 Å². The molecule has 2 rings (SSSR count). The van der Waals surface area contributed by atoms with Crippen LogP contribution in [0.1, 0.15) is 25.3 Å². The second-order valence-electron chi connectivity index (χ2n) is 4.01. The minimum Gasteiger partial charge on any atom is -0.0984 e. The Labute approximate surface area is 99.6 Å². The van der Waals surface area contributed by atoms with Crippen molar-refractivity contribution in [1.82, 2.24) is 0 Å². The zero-order chi connectivity index (χ0) is 11.5. The fourth-order valence-electron chi connectivity index (χ4n) is 2.19. The Morgan fingerprint density at radius 2 is 2.06 bits per heavy atom. The van der Waals surface area contributed by atoms with Gasteiger partial charge in [-0.15, -0.1) is 0 Å². The highest BCUT2D eigenvalue weighted by Crippen LogP contribution is 2.41. The predicted molar refractivity (Wildman–Crippen MR) is 74.8 cm³/mol. The zero-order valence-corrected chi connectivity index (χ0v) is 10.8. The number of benzene rings is 1. The van der Waals surface area contributed by atoms with Crippen LogP contribution in [0.25, 0.3) is 0 Å². The Balaban J connectivity index is 2.53. The van der Waals surface area contributed by atoms with Gasteiger partial charge in [0.15, 0.2) is 0 Å². The molecule has 1 aromatic rings. The summed E-state index contributed by atoms with van der Waals surface area (Å²) in [6.07, 6.45) is 6.36. The molecule has 0 saturated heterocycles. The zero-order valence-electron chi connectivity index (χ0n) is 9.83. The lowest BCUT2D eigenvalue weighted by molar-refractivity contribution is 0.922. The summed E-state index contributed by atoms with van der Waals surface area (Å²) in [7, 11) is 0.750. The molecule has 0 saturated carbocycles. The van der Waals surface area contributed by atoms with E-state index in [0.717, 1.165) is 8.58 Å². The molecule has 82 valence electrons. The molecular weight excluding hydrogens is 211 g/mol. The molecule has 1 aliphatic heterocycles. The van der Waals surface area contributed by atoms with Crippen LogP contribution < -0.4 is 5.30 Å². The van der Waals surface area contributed by atoms with E-state index < -0.39 is 0 Å². The van der Waals surface area contributed by atoms with Crippen molar-refractivity contribution in [2.45, 2.75) is 19.8 Å². The topological polar surface area (TPSA) is 0 Å². The molecule has 0 spiro atoms. The molecule has 2 unspecified atom stereocenters. The summed E-state index contributed by atoms with van der Waals surface area (Å²) in [6.45, 7) is 8.29. The van der Waals surface area contributed by atoms with E-state index >= 15 is 0 Å². The van der Waals surface area contributed by atoms with Gasteiger partial charge >= 0.3 is 0 Å². The molecule has 2 atom stereocenters. The molecule has 1 aromatic carbocycles. The maximum atomic E-state index is 3.94. The molecule has 0 amide bonds. The summed E-state index contributed by atoms with van der Waals surface area (Å²) >= 11 is 0. The predicted octanol–water partition coefficient (Wildman–Crippen LogP) is 4.12. The van der Waals surface area contributed by atoms with E-state index in [0.29, 0.717) is 5.92 Å². The smallest absolute Gasteiger partial charge is 0.00735 e. The second-order valence-corrected chi connectivity index (χ2v) is 5.33. The molecule has 0 N–H and O–H groups in total. The van der Waals surface area contributed by atoms with Gasteiger partial charge in [0.05, 0.1) is 0 Å². The van der Waals surface area contributed by atoms with Crippen molar-refractivity contribution in [2.24, 2.45) is 0 Å². The highest BCUT2D eigenvalue weighted by atomic mass is 31.1. The number of rotatable bonds is 2. The van der Waals surface area contributed by atoms with Crippen molar-refractivity contribution in [3.8, 4) is 0 Å². The normalized spacial score (nSPS) is 21.5. The quantitative estimate of drug-likeness (QED) is 0.668. The third-order valence-corrected chi connectivity index (χ3v) is 4.51.